The van der Waals surface area contributed by atoms with Gasteiger partial charge in [0.1, 0.15) is 5.76 Å². The second-order valence-corrected chi connectivity index (χ2v) is 5.22. The molecule has 3 heteroatoms. The SMILES string of the molecule is C=C(C)C(=O)CCC1CC(C)CC2=C1OC2=O. The van der Waals surface area contributed by atoms with Crippen molar-refractivity contribution in [1.82, 2.24) is 0 Å². The van der Waals surface area contributed by atoms with Crippen molar-refractivity contribution in [2.75, 3.05) is 0 Å². The molecule has 0 saturated carbocycles. The molecule has 0 spiro atoms. The van der Waals surface area contributed by atoms with Crippen LogP contribution in [-0.2, 0) is 14.3 Å². The number of carbonyl (C=O) groups is 2. The van der Waals surface area contributed by atoms with E-state index < -0.39 is 0 Å². The number of allylic oxidation sites excluding steroid dienone is 2. The van der Waals surface area contributed by atoms with E-state index in [1.54, 1.807) is 6.92 Å². The van der Waals surface area contributed by atoms with E-state index in [9.17, 15) is 9.59 Å². The lowest BCUT2D eigenvalue weighted by molar-refractivity contribution is -0.143. The second-order valence-electron chi connectivity index (χ2n) is 5.22. The molecule has 17 heavy (non-hydrogen) atoms. The van der Waals surface area contributed by atoms with Crippen molar-refractivity contribution in [3.05, 3.63) is 23.5 Å². The van der Waals surface area contributed by atoms with Crippen molar-refractivity contribution in [2.45, 2.75) is 39.5 Å². The molecule has 2 unspecified atom stereocenters. The summed E-state index contributed by atoms with van der Waals surface area (Å²) in [4.78, 5) is 22.8. The van der Waals surface area contributed by atoms with Gasteiger partial charge in [0.05, 0.1) is 5.57 Å². The Labute approximate surface area is 102 Å². The lowest BCUT2D eigenvalue weighted by Gasteiger charge is -2.36. The molecule has 1 aliphatic carbocycles. The molecule has 0 N–H and O–H groups in total. The first kappa shape index (κ1) is 12.1. The Kier molecular flexibility index (Phi) is 3.18. The Morgan fingerprint density at radius 2 is 2.24 bits per heavy atom. The molecule has 3 nitrogen and oxygen atoms in total. The molecule has 0 radical (unpaired) electrons. The minimum atomic E-state index is -0.164. The number of hydrogen-bond acceptors (Lipinski definition) is 3. The van der Waals surface area contributed by atoms with Gasteiger partial charge in [-0.25, -0.2) is 4.79 Å². The van der Waals surface area contributed by atoms with Crippen molar-refractivity contribution in [2.24, 2.45) is 11.8 Å². The Balaban J connectivity index is 1.99. The first-order valence-corrected chi connectivity index (χ1v) is 6.13. The van der Waals surface area contributed by atoms with Gasteiger partial charge in [0.25, 0.3) is 0 Å². The van der Waals surface area contributed by atoms with Crippen LogP contribution in [0.2, 0.25) is 0 Å². The second kappa shape index (κ2) is 4.47. The maximum Gasteiger partial charge on any atom is 0.342 e. The number of ketones is 1. The largest absolute Gasteiger partial charge is 0.427 e. The molecule has 0 fully saturated rings. The zero-order chi connectivity index (χ0) is 12.6. The van der Waals surface area contributed by atoms with Gasteiger partial charge in [-0.3, -0.25) is 4.79 Å². The molecular formula is C14H18O3. The van der Waals surface area contributed by atoms with Crippen LogP contribution in [0.1, 0.15) is 39.5 Å². The molecule has 2 aliphatic rings. The highest BCUT2D eigenvalue weighted by Crippen LogP contribution is 2.42. The Bertz CT molecular complexity index is 417. The average Bonchev–Trinajstić information content (AvgIpc) is 2.27. The van der Waals surface area contributed by atoms with E-state index in [0.29, 0.717) is 17.9 Å². The van der Waals surface area contributed by atoms with E-state index in [1.807, 2.05) is 0 Å². The quantitative estimate of drug-likeness (QED) is 0.555. The molecule has 0 aromatic carbocycles. The molecule has 2 rings (SSSR count). The van der Waals surface area contributed by atoms with Gasteiger partial charge in [-0.1, -0.05) is 13.5 Å². The Morgan fingerprint density at radius 1 is 1.53 bits per heavy atom. The summed E-state index contributed by atoms with van der Waals surface area (Å²) in [5.41, 5.74) is 1.46. The van der Waals surface area contributed by atoms with Gasteiger partial charge in [-0.15, -0.1) is 0 Å². The minimum Gasteiger partial charge on any atom is -0.427 e. The van der Waals surface area contributed by atoms with E-state index in [4.69, 9.17) is 4.74 Å². The maximum absolute atomic E-state index is 11.5. The number of Topliss-reactive ketones (excluding diaryl/α,β-unsaturated/α-hetero) is 1. The summed E-state index contributed by atoms with van der Waals surface area (Å²) in [6.45, 7) is 7.52. The zero-order valence-electron chi connectivity index (χ0n) is 10.4. The summed E-state index contributed by atoms with van der Waals surface area (Å²) in [6.07, 6.45) is 3.11. The van der Waals surface area contributed by atoms with Crippen LogP contribution in [0.4, 0.5) is 0 Å². The summed E-state index contributed by atoms with van der Waals surface area (Å²) in [6, 6.07) is 0. The Morgan fingerprint density at radius 3 is 2.82 bits per heavy atom. The number of esters is 1. The van der Waals surface area contributed by atoms with Crippen molar-refractivity contribution < 1.29 is 14.3 Å². The third-order valence-corrected chi connectivity index (χ3v) is 3.55. The summed E-state index contributed by atoms with van der Waals surface area (Å²) in [5, 5.41) is 0. The van der Waals surface area contributed by atoms with Crippen LogP contribution in [0.15, 0.2) is 23.5 Å². The maximum atomic E-state index is 11.5. The topological polar surface area (TPSA) is 43.4 Å². The van der Waals surface area contributed by atoms with Gasteiger partial charge < -0.3 is 4.74 Å². The predicted octanol–water partition coefficient (Wildman–Crippen LogP) is 2.77. The first-order chi connectivity index (χ1) is 7.99. The monoisotopic (exact) mass is 234 g/mol. The molecule has 0 aromatic heterocycles. The van der Waals surface area contributed by atoms with Crippen LogP contribution < -0.4 is 0 Å². The molecular weight excluding hydrogens is 216 g/mol. The molecule has 2 atom stereocenters. The van der Waals surface area contributed by atoms with Crippen molar-refractivity contribution in [1.29, 1.82) is 0 Å². The third kappa shape index (κ3) is 2.33. The highest BCUT2D eigenvalue weighted by atomic mass is 16.6. The van der Waals surface area contributed by atoms with E-state index in [0.717, 1.165) is 30.6 Å². The zero-order valence-corrected chi connectivity index (χ0v) is 10.4. The molecule has 0 aromatic rings. The summed E-state index contributed by atoms with van der Waals surface area (Å²) in [5.74, 6) is 1.54. The van der Waals surface area contributed by atoms with E-state index in [2.05, 4.69) is 13.5 Å². The molecule has 0 amide bonds. The smallest absolute Gasteiger partial charge is 0.342 e. The Hall–Kier alpha value is -1.38. The van der Waals surface area contributed by atoms with Gasteiger partial charge in [-0.2, -0.15) is 0 Å². The lowest BCUT2D eigenvalue weighted by Crippen LogP contribution is -2.33. The van der Waals surface area contributed by atoms with Gasteiger partial charge in [0.15, 0.2) is 5.78 Å². The lowest BCUT2D eigenvalue weighted by atomic mass is 9.77. The average molecular weight is 234 g/mol. The molecule has 1 aliphatic heterocycles. The van der Waals surface area contributed by atoms with Crippen molar-refractivity contribution >= 4 is 11.8 Å². The normalized spacial score (nSPS) is 27.1. The highest BCUT2D eigenvalue weighted by Gasteiger charge is 2.40. The predicted molar refractivity (Wildman–Crippen MR) is 64.1 cm³/mol. The number of rotatable bonds is 4. The summed E-state index contributed by atoms with van der Waals surface area (Å²) >= 11 is 0. The van der Waals surface area contributed by atoms with Crippen LogP contribution in [-0.4, -0.2) is 11.8 Å². The van der Waals surface area contributed by atoms with Crippen LogP contribution in [0.5, 0.6) is 0 Å². The summed E-state index contributed by atoms with van der Waals surface area (Å²) in [7, 11) is 0. The van der Waals surface area contributed by atoms with E-state index in [-0.39, 0.29) is 17.7 Å². The fourth-order valence-electron chi connectivity index (χ4n) is 2.58. The molecule has 92 valence electrons. The molecule has 0 bridgehead atoms. The standard InChI is InChI=1S/C14H18O3/c1-8(2)12(15)5-4-10-6-9(3)7-11-13(10)17-14(11)16/h9-10H,1,4-7H2,2-3H3. The van der Waals surface area contributed by atoms with Crippen molar-refractivity contribution in [3.8, 4) is 0 Å². The number of ether oxygens (including phenoxy) is 1. The highest BCUT2D eigenvalue weighted by molar-refractivity contribution is 5.96. The van der Waals surface area contributed by atoms with Crippen LogP contribution in [0.3, 0.4) is 0 Å². The van der Waals surface area contributed by atoms with Gasteiger partial charge in [-0.05, 0) is 37.7 Å². The van der Waals surface area contributed by atoms with Gasteiger partial charge in [0.2, 0.25) is 0 Å². The first-order valence-electron chi connectivity index (χ1n) is 6.13. The van der Waals surface area contributed by atoms with E-state index >= 15 is 0 Å². The van der Waals surface area contributed by atoms with Crippen molar-refractivity contribution in [3.63, 3.8) is 0 Å². The number of hydrogen-bond donors (Lipinski definition) is 0. The van der Waals surface area contributed by atoms with E-state index in [1.165, 1.54) is 0 Å². The van der Waals surface area contributed by atoms with Gasteiger partial charge in [0, 0.05) is 12.3 Å². The molecule has 1 heterocycles. The van der Waals surface area contributed by atoms with Crippen LogP contribution >= 0.6 is 0 Å². The molecule has 0 saturated heterocycles. The van der Waals surface area contributed by atoms with Crippen LogP contribution in [0, 0.1) is 11.8 Å². The fourth-order valence-corrected chi connectivity index (χ4v) is 2.58. The number of carbonyl (C=O) groups excluding carboxylic acids is 2. The van der Waals surface area contributed by atoms with Crippen LogP contribution in [0.25, 0.3) is 0 Å². The third-order valence-electron chi connectivity index (χ3n) is 3.55. The minimum absolute atomic E-state index is 0.107. The van der Waals surface area contributed by atoms with Gasteiger partial charge >= 0.3 is 5.97 Å². The summed E-state index contributed by atoms with van der Waals surface area (Å²) < 4.78 is 5.10. The fraction of sp³-hybridized carbons (Fsp3) is 0.571.